The van der Waals surface area contributed by atoms with E-state index in [0.29, 0.717) is 17.7 Å². The molecule has 1 aromatic heterocycles. The third-order valence-corrected chi connectivity index (χ3v) is 4.11. The van der Waals surface area contributed by atoms with Crippen LogP contribution in [-0.4, -0.2) is 23.0 Å². The molecule has 0 aliphatic carbocycles. The Bertz CT molecular complexity index is 800. The van der Waals surface area contributed by atoms with Crippen molar-refractivity contribution in [2.45, 2.75) is 32.9 Å². The summed E-state index contributed by atoms with van der Waals surface area (Å²) >= 11 is 0. The van der Waals surface area contributed by atoms with Crippen molar-refractivity contribution in [1.82, 2.24) is 15.6 Å². The molecule has 0 bridgehead atoms. The quantitative estimate of drug-likeness (QED) is 0.660. The lowest BCUT2D eigenvalue weighted by Crippen LogP contribution is -2.51. The zero-order valence-corrected chi connectivity index (χ0v) is 15.2. The van der Waals surface area contributed by atoms with Gasteiger partial charge in [0.1, 0.15) is 17.6 Å². The minimum atomic E-state index is -0.757. The molecule has 1 heterocycles. The van der Waals surface area contributed by atoms with Gasteiger partial charge in [-0.25, -0.2) is 14.2 Å². The first-order valence-corrected chi connectivity index (χ1v) is 8.61. The van der Waals surface area contributed by atoms with Crippen molar-refractivity contribution in [3.63, 3.8) is 0 Å². The lowest BCUT2D eigenvalue weighted by atomic mass is 9.98. The fraction of sp³-hybridized carbons (Fsp3) is 0.316. The van der Waals surface area contributed by atoms with Crippen LogP contribution < -0.4 is 21.1 Å². The van der Waals surface area contributed by atoms with Crippen LogP contribution in [0.15, 0.2) is 42.6 Å². The number of hydrogen-bond acceptors (Lipinski definition) is 4. The number of nitrogens with two attached hydrogens (primary N) is 1. The molecule has 8 heteroatoms. The van der Waals surface area contributed by atoms with Gasteiger partial charge in [0.2, 0.25) is 11.8 Å². The van der Waals surface area contributed by atoms with E-state index >= 15 is 0 Å². The number of carbonyl (C=O) groups excluding carboxylic acids is 2. The van der Waals surface area contributed by atoms with E-state index in [9.17, 15) is 14.0 Å². The van der Waals surface area contributed by atoms with Crippen LogP contribution in [0.1, 0.15) is 25.8 Å². The third kappa shape index (κ3) is 5.95. The molecular weight excluding hydrogens is 351 g/mol. The monoisotopic (exact) mass is 374 g/mol. The van der Waals surface area contributed by atoms with Gasteiger partial charge in [0.25, 0.3) is 0 Å². The van der Waals surface area contributed by atoms with Crippen LogP contribution in [0.2, 0.25) is 0 Å². The molecule has 0 spiro atoms. The highest BCUT2D eigenvalue weighted by atomic mass is 19.1. The Morgan fingerprint density at radius 2 is 2.07 bits per heavy atom. The number of amides is 3. The Labute approximate surface area is 157 Å². The van der Waals surface area contributed by atoms with E-state index in [1.54, 1.807) is 18.2 Å². The van der Waals surface area contributed by atoms with Gasteiger partial charge in [0, 0.05) is 24.4 Å². The van der Waals surface area contributed by atoms with E-state index < -0.39 is 17.9 Å². The zero-order valence-electron chi connectivity index (χ0n) is 15.2. The van der Waals surface area contributed by atoms with Gasteiger partial charge in [0.05, 0.1) is 0 Å². The van der Waals surface area contributed by atoms with E-state index in [1.807, 2.05) is 13.8 Å². The lowest BCUT2D eigenvalue weighted by Gasteiger charge is -2.22. The first-order chi connectivity index (χ1) is 12.9. The number of halogens is 1. The van der Waals surface area contributed by atoms with Crippen molar-refractivity contribution >= 4 is 11.9 Å². The van der Waals surface area contributed by atoms with Crippen LogP contribution in [-0.2, 0) is 11.3 Å². The van der Waals surface area contributed by atoms with Gasteiger partial charge in [-0.2, -0.15) is 0 Å². The van der Waals surface area contributed by atoms with Gasteiger partial charge in [0.15, 0.2) is 0 Å². The minimum absolute atomic E-state index is 0.0885. The van der Waals surface area contributed by atoms with E-state index in [1.165, 1.54) is 24.4 Å². The van der Waals surface area contributed by atoms with Crippen molar-refractivity contribution in [1.29, 1.82) is 0 Å². The number of rotatable bonds is 8. The number of ether oxygens (including phenoxy) is 1. The summed E-state index contributed by atoms with van der Waals surface area (Å²) in [5.41, 5.74) is 5.77. The molecule has 0 saturated heterocycles. The van der Waals surface area contributed by atoms with Crippen molar-refractivity contribution in [3.05, 3.63) is 54.0 Å². The number of carbonyl (C=O) groups is 2. The molecule has 2 unspecified atom stereocenters. The maximum atomic E-state index is 13.3. The standard InChI is InChI=1S/C19H23FN4O3/c1-3-12(2)16(24-19(21)26)17(25)23-11-13-6-5-9-22-18(13)27-15-8-4-7-14(20)10-15/h4-10,12,16H,3,11H2,1-2H3,(H,23,25)(H3,21,24,26). The van der Waals surface area contributed by atoms with E-state index in [4.69, 9.17) is 10.5 Å². The highest BCUT2D eigenvalue weighted by Gasteiger charge is 2.25. The Morgan fingerprint density at radius 1 is 1.30 bits per heavy atom. The number of benzene rings is 1. The molecule has 0 fully saturated rings. The summed E-state index contributed by atoms with van der Waals surface area (Å²) in [7, 11) is 0. The lowest BCUT2D eigenvalue weighted by molar-refractivity contribution is -0.124. The number of urea groups is 1. The average Bonchev–Trinajstić information content (AvgIpc) is 2.64. The molecule has 2 atom stereocenters. The summed E-state index contributed by atoms with van der Waals surface area (Å²) in [6.45, 7) is 3.90. The fourth-order valence-corrected chi connectivity index (χ4v) is 2.44. The van der Waals surface area contributed by atoms with Crippen LogP contribution in [0.4, 0.5) is 9.18 Å². The highest BCUT2D eigenvalue weighted by molar-refractivity contribution is 5.86. The minimum Gasteiger partial charge on any atom is -0.439 e. The van der Waals surface area contributed by atoms with Crippen LogP contribution in [0.3, 0.4) is 0 Å². The highest BCUT2D eigenvalue weighted by Crippen LogP contribution is 2.23. The molecule has 1 aromatic carbocycles. The van der Waals surface area contributed by atoms with E-state index in [-0.39, 0.29) is 24.2 Å². The predicted molar refractivity (Wildman–Crippen MR) is 98.5 cm³/mol. The number of primary amides is 1. The Morgan fingerprint density at radius 3 is 2.74 bits per heavy atom. The largest absolute Gasteiger partial charge is 0.439 e. The molecule has 27 heavy (non-hydrogen) atoms. The number of aromatic nitrogens is 1. The van der Waals surface area contributed by atoms with Crippen LogP contribution >= 0.6 is 0 Å². The summed E-state index contributed by atoms with van der Waals surface area (Å²) in [5.74, 6) is -0.314. The molecule has 0 radical (unpaired) electrons. The second kappa shape index (κ2) is 9.51. The van der Waals surface area contributed by atoms with Gasteiger partial charge in [-0.05, 0) is 24.1 Å². The number of pyridine rings is 1. The molecule has 144 valence electrons. The average molecular weight is 374 g/mol. The topological polar surface area (TPSA) is 106 Å². The van der Waals surface area contributed by atoms with Gasteiger partial charge >= 0.3 is 6.03 Å². The van der Waals surface area contributed by atoms with Crippen LogP contribution in [0, 0.1) is 11.7 Å². The van der Waals surface area contributed by atoms with Crippen molar-refractivity contribution < 1.29 is 18.7 Å². The molecule has 7 nitrogen and oxygen atoms in total. The molecule has 0 aliphatic heterocycles. The summed E-state index contributed by atoms with van der Waals surface area (Å²) in [4.78, 5) is 27.8. The molecule has 0 aliphatic rings. The van der Waals surface area contributed by atoms with Crippen LogP contribution in [0.5, 0.6) is 11.6 Å². The Balaban J connectivity index is 2.08. The molecular formula is C19H23FN4O3. The maximum absolute atomic E-state index is 13.3. The van der Waals surface area contributed by atoms with Gasteiger partial charge < -0.3 is 21.1 Å². The maximum Gasteiger partial charge on any atom is 0.312 e. The van der Waals surface area contributed by atoms with Crippen molar-refractivity contribution in [2.24, 2.45) is 11.7 Å². The predicted octanol–water partition coefficient (Wildman–Crippen LogP) is 2.71. The van der Waals surface area contributed by atoms with Crippen molar-refractivity contribution in [3.8, 4) is 11.6 Å². The first kappa shape index (κ1) is 20.2. The van der Waals surface area contributed by atoms with Gasteiger partial charge in [-0.3, -0.25) is 4.79 Å². The second-order valence-corrected chi connectivity index (χ2v) is 6.12. The normalized spacial score (nSPS) is 12.7. The van der Waals surface area contributed by atoms with Crippen molar-refractivity contribution in [2.75, 3.05) is 0 Å². The number of nitrogens with zero attached hydrogens (tertiary/aromatic N) is 1. The summed E-state index contributed by atoms with van der Waals surface area (Å²) in [6, 6.07) is 7.63. The molecule has 2 aromatic rings. The van der Waals surface area contributed by atoms with E-state index in [0.717, 1.165) is 0 Å². The molecule has 4 N–H and O–H groups in total. The van der Waals surface area contributed by atoms with Gasteiger partial charge in [-0.15, -0.1) is 0 Å². The number of hydrogen-bond donors (Lipinski definition) is 3. The third-order valence-electron chi connectivity index (χ3n) is 4.11. The second-order valence-electron chi connectivity index (χ2n) is 6.12. The number of nitrogens with one attached hydrogen (secondary N) is 2. The smallest absolute Gasteiger partial charge is 0.312 e. The van der Waals surface area contributed by atoms with E-state index in [2.05, 4.69) is 15.6 Å². The van der Waals surface area contributed by atoms with Gasteiger partial charge in [-0.1, -0.05) is 32.4 Å². The molecule has 3 amide bonds. The summed E-state index contributed by atoms with van der Waals surface area (Å²) in [6.07, 6.45) is 2.23. The summed E-state index contributed by atoms with van der Waals surface area (Å²) < 4.78 is 18.9. The Kier molecular flexibility index (Phi) is 7.10. The van der Waals surface area contributed by atoms with Crippen LogP contribution in [0.25, 0.3) is 0 Å². The first-order valence-electron chi connectivity index (χ1n) is 8.61. The summed E-state index contributed by atoms with van der Waals surface area (Å²) in [5, 5.41) is 5.22. The Hall–Kier alpha value is -3.16. The zero-order chi connectivity index (χ0) is 19.8. The fourth-order valence-electron chi connectivity index (χ4n) is 2.44. The SMILES string of the molecule is CCC(C)C(NC(N)=O)C(=O)NCc1cccnc1Oc1cccc(F)c1. The molecule has 0 saturated carbocycles. The molecule has 2 rings (SSSR count).